The van der Waals surface area contributed by atoms with Crippen molar-refractivity contribution in [2.75, 3.05) is 0 Å². The molecule has 0 saturated carbocycles. The molecule has 2 aromatic carbocycles. The molecular weight excluding hydrogens is 284 g/mol. The zero-order valence-corrected chi connectivity index (χ0v) is 12.1. The van der Waals surface area contributed by atoms with E-state index < -0.39 is 18.0 Å². The molecule has 0 amide bonds. The first-order valence-corrected chi connectivity index (χ1v) is 6.77. The van der Waals surface area contributed by atoms with Gasteiger partial charge in [-0.2, -0.15) is 0 Å². The van der Waals surface area contributed by atoms with Crippen LogP contribution < -0.4 is 0 Å². The SMILES string of the molecule is CC(OC(=O)c1ccccc1O)C(=O)OCc1ccccc1. The Bertz CT molecular complexity index is 651. The average molecular weight is 300 g/mol. The zero-order valence-electron chi connectivity index (χ0n) is 12.1. The Morgan fingerprint density at radius 3 is 2.36 bits per heavy atom. The van der Waals surface area contributed by atoms with Crippen LogP contribution in [-0.4, -0.2) is 23.1 Å². The molecular formula is C17H16O5. The van der Waals surface area contributed by atoms with E-state index in [1.54, 1.807) is 12.1 Å². The summed E-state index contributed by atoms with van der Waals surface area (Å²) in [6.45, 7) is 1.53. The van der Waals surface area contributed by atoms with Crippen molar-refractivity contribution in [1.82, 2.24) is 0 Å². The molecule has 0 saturated heterocycles. The number of aromatic hydroxyl groups is 1. The van der Waals surface area contributed by atoms with E-state index in [-0.39, 0.29) is 17.9 Å². The lowest BCUT2D eigenvalue weighted by Gasteiger charge is -2.13. The zero-order chi connectivity index (χ0) is 15.9. The maximum Gasteiger partial charge on any atom is 0.347 e. The number of para-hydroxylation sites is 1. The van der Waals surface area contributed by atoms with Gasteiger partial charge in [0.05, 0.1) is 0 Å². The first-order chi connectivity index (χ1) is 10.6. The first kappa shape index (κ1) is 15.6. The van der Waals surface area contributed by atoms with Gasteiger partial charge in [0.2, 0.25) is 0 Å². The summed E-state index contributed by atoms with van der Waals surface area (Å²) < 4.78 is 10.1. The van der Waals surface area contributed by atoms with E-state index in [0.29, 0.717) is 0 Å². The number of phenolic OH excluding ortho intramolecular Hbond substituents is 1. The lowest BCUT2D eigenvalue weighted by molar-refractivity contribution is -0.154. The van der Waals surface area contributed by atoms with Gasteiger partial charge in [-0.15, -0.1) is 0 Å². The molecule has 5 nitrogen and oxygen atoms in total. The summed E-state index contributed by atoms with van der Waals surface area (Å²) in [5.74, 6) is -1.62. The first-order valence-electron chi connectivity index (χ1n) is 6.77. The molecule has 114 valence electrons. The van der Waals surface area contributed by atoms with Crippen LogP contribution in [0.2, 0.25) is 0 Å². The number of ether oxygens (including phenoxy) is 2. The van der Waals surface area contributed by atoms with Gasteiger partial charge in [-0.3, -0.25) is 0 Å². The quantitative estimate of drug-likeness (QED) is 0.859. The Morgan fingerprint density at radius 2 is 1.68 bits per heavy atom. The van der Waals surface area contributed by atoms with Gasteiger partial charge >= 0.3 is 11.9 Å². The highest BCUT2D eigenvalue weighted by Crippen LogP contribution is 2.17. The van der Waals surface area contributed by atoms with Crippen LogP contribution in [0.5, 0.6) is 5.75 Å². The van der Waals surface area contributed by atoms with Crippen molar-refractivity contribution in [3.05, 3.63) is 65.7 Å². The molecule has 0 heterocycles. The van der Waals surface area contributed by atoms with Crippen LogP contribution in [0.4, 0.5) is 0 Å². The third-order valence-corrected chi connectivity index (χ3v) is 2.96. The predicted molar refractivity (Wildman–Crippen MR) is 79.2 cm³/mol. The standard InChI is InChI=1S/C17H16O5/c1-12(16(19)21-11-13-7-3-2-4-8-13)22-17(20)14-9-5-6-10-15(14)18/h2-10,12,18H,11H2,1H3. The Hall–Kier alpha value is -2.82. The topological polar surface area (TPSA) is 72.8 Å². The van der Waals surface area contributed by atoms with Gasteiger partial charge in [-0.1, -0.05) is 42.5 Å². The van der Waals surface area contributed by atoms with E-state index in [9.17, 15) is 14.7 Å². The molecule has 0 aromatic heterocycles. The van der Waals surface area contributed by atoms with Gasteiger partial charge in [-0.25, -0.2) is 9.59 Å². The molecule has 22 heavy (non-hydrogen) atoms. The van der Waals surface area contributed by atoms with E-state index in [1.807, 2.05) is 30.3 Å². The number of carbonyl (C=O) groups is 2. The van der Waals surface area contributed by atoms with Crippen molar-refractivity contribution in [2.45, 2.75) is 19.6 Å². The van der Waals surface area contributed by atoms with Crippen LogP contribution in [0.15, 0.2) is 54.6 Å². The maximum atomic E-state index is 11.9. The molecule has 0 bridgehead atoms. The van der Waals surface area contributed by atoms with E-state index in [2.05, 4.69) is 0 Å². The predicted octanol–water partition coefficient (Wildman–Crippen LogP) is 2.68. The molecule has 0 aliphatic heterocycles. The third-order valence-electron chi connectivity index (χ3n) is 2.96. The number of hydrogen-bond donors (Lipinski definition) is 1. The van der Waals surface area contributed by atoms with Gasteiger partial charge in [0, 0.05) is 0 Å². The second kappa shape index (κ2) is 7.26. The van der Waals surface area contributed by atoms with Crippen LogP contribution >= 0.6 is 0 Å². The summed E-state index contributed by atoms with van der Waals surface area (Å²) in [6.07, 6.45) is -1.06. The van der Waals surface area contributed by atoms with Crippen LogP contribution in [0.3, 0.4) is 0 Å². The number of hydrogen-bond acceptors (Lipinski definition) is 5. The molecule has 2 aromatic rings. The number of esters is 2. The third kappa shape index (κ3) is 4.09. The van der Waals surface area contributed by atoms with Crippen LogP contribution in [0.25, 0.3) is 0 Å². The highest BCUT2D eigenvalue weighted by Gasteiger charge is 2.21. The Labute approximate surface area is 128 Å². The summed E-state index contributed by atoms with van der Waals surface area (Å²) in [7, 11) is 0. The maximum absolute atomic E-state index is 11.9. The van der Waals surface area contributed by atoms with Gasteiger partial charge in [0.15, 0.2) is 6.10 Å². The minimum Gasteiger partial charge on any atom is -0.507 e. The second-order valence-electron chi connectivity index (χ2n) is 4.66. The van der Waals surface area contributed by atoms with Crippen molar-refractivity contribution in [1.29, 1.82) is 0 Å². The highest BCUT2D eigenvalue weighted by molar-refractivity contribution is 5.93. The number of benzene rings is 2. The minimum absolute atomic E-state index is 0.00482. The van der Waals surface area contributed by atoms with Crippen molar-refractivity contribution in [3.63, 3.8) is 0 Å². The lowest BCUT2D eigenvalue weighted by atomic mass is 10.2. The van der Waals surface area contributed by atoms with E-state index in [4.69, 9.17) is 9.47 Å². The van der Waals surface area contributed by atoms with Gasteiger partial charge in [-0.05, 0) is 24.6 Å². The smallest absolute Gasteiger partial charge is 0.347 e. The van der Waals surface area contributed by atoms with Crippen molar-refractivity contribution in [3.8, 4) is 5.75 Å². The van der Waals surface area contributed by atoms with Gasteiger partial charge < -0.3 is 14.6 Å². The summed E-state index contributed by atoms with van der Waals surface area (Å²) in [4.78, 5) is 23.7. The number of carbonyl (C=O) groups excluding carboxylic acids is 2. The molecule has 1 atom stereocenters. The monoisotopic (exact) mass is 300 g/mol. The minimum atomic E-state index is -1.06. The summed E-state index contributed by atoms with van der Waals surface area (Å²) in [5.41, 5.74) is 0.847. The molecule has 0 aliphatic carbocycles. The number of phenols is 1. The van der Waals surface area contributed by atoms with Crippen molar-refractivity contribution < 1.29 is 24.2 Å². The molecule has 0 fully saturated rings. The molecule has 0 spiro atoms. The Balaban J connectivity index is 1.89. The van der Waals surface area contributed by atoms with Crippen LogP contribution in [-0.2, 0) is 20.9 Å². The molecule has 1 N–H and O–H groups in total. The highest BCUT2D eigenvalue weighted by atomic mass is 16.6. The number of rotatable bonds is 5. The van der Waals surface area contributed by atoms with Crippen LogP contribution in [0.1, 0.15) is 22.8 Å². The largest absolute Gasteiger partial charge is 0.507 e. The molecule has 0 aliphatic rings. The molecule has 5 heteroatoms. The van der Waals surface area contributed by atoms with E-state index >= 15 is 0 Å². The van der Waals surface area contributed by atoms with Crippen molar-refractivity contribution in [2.24, 2.45) is 0 Å². The second-order valence-corrected chi connectivity index (χ2v) is 4.66. The summed E-state index contributed by atoms with van der Waals surface area (Å²) in [5, 5.41) is 9.57. The Kier molecular flexibility index (Phi) is 5.14. The van der Waals surface area contributed by atoms with Crippen molar-refractivity contribution >= 4 is 11.9 Å². The van der Waals surface area contributed by atoms with E-state index in [0.717, 1.165) is 5.56 Å². The fourth-order valence-electron chi connectivity index (χ4n) is 1.76. The molecule has 0 radical (unpaired) electrons. The summed E-state index contributed by atoms with van der Waals surface area (Å²) in [6, 6.07) is 15.2. The van der Waals surface area contributed by atoms with E-state index in [1.165, 1.54) is 19.1 Å². The van der Waals surface area contributed by atoms with Gasteiger partial charge in [0.1, 0.15) is 17.9 Å². The lowest BCUT2D eigenvalue weighted by Crippen LogP contribution is -2.26. The fourth-order valence-corrected chi connectivity index (χ4v) is 1.76. The van der Waals surface area contributed by atoms with Gasteiger partial charge in [0.25, 0.3) is 0 Å². The average Bonchev–Trinajstić information content (AvgIpc) is 2.53. The normalized spacial score (nSPS) is 11.5. The summed E-state index contributed by atoms with van der Waals surface area (Å²) >= 11 is 0. The molecule has 1 unspecified atom stereocenters. The fraction of sp³-hybridized carbons (Fsp3) is 0.176. The molecule has 2 rings (SSSR count). The Morgan fingerprint density at radius 1 is 1.05 bits per heavy atom. The van der Waals surface area contributed by atoms with Crippen LogP contribution in [0, 0.1) is 0 Å².